The summed E-state index contributed by atoms with van der Waals surface area (Å²) >= 11 is 0. The van der Waals surface area contributed by atoms with Gasteiger partial charge in [0.1, 0.15) is 0 Å². The predicted octanol–water partition coefficient (Wildman–Crippen LogP) is 1.03. The second-order valence-electron chi connectivity index (χ2n) is 5.79. The summed E-state index contributed by atoms with van der Waals surface area (Å²) in [7, 11) is -2.74. The maximum absolute atomic E-state index is 11.4. The van der Waals surface area contributed by atoms with Crippen molar-refractivity contribution in [3.8, 4) is 0 Å². The molecule has 106 valence electrons. The zero-order chi connectivity index (χ0) is 13.0. The zero-order valence-corrected chi connectivity index (χ0v) is 12.2. The summed E-state index contributed by atoms with van der Waals surface area (Å²) in [5.74, 6) is 0.702. The Morgan fingerprint density at radius 1 is 1.22 bits per heavy atom. The van der Waals surface area contributed by atoms with Crippen molar-refractivity contribution < 1.29 is 8.42 Å². The molecule has 4 nitrogen and oxygen atoms in total. The summed E-state index contributed by atoms with van der Waals surface area (Å²) in [5.41, 5.74) is 0. The van der Waals surface area contributed by atoms with Gasteiger partial charge in [-0.3, -0.25) is 4.90 Å². The molecule has 2 aliphatic rings. The number of hydrogen-bond donors (Lipinski definition) is 1. The summed E-state index contributed by atoms with van der Waals surface area (Å²) in [6.07, 6.45) is 6.11. The molecule has 2 heterocycles. The van der Waals surface area contributed by atoms with E-state index in [1.807, 2.05) is 0 Å². The molecule has 2 saturated heterocycles. The minimum Gasteiger partial charge on any atom is -0.312 e. The van der Waals surface area contributed by atoms with Crippen LogP contribution in [0.5, 0.6) is 0 Å². The fourth-order valence-electron chi connectivity index (χ4n) is 3.03. The van der Waals surface area contributed by atoms with Gasteiger partial charge in [0.2, 0.25) is 0 Å². The van der Waals surface area contributed by atoms with E-state index in [1.54, 1.807) is 0 Å². The molecule has 0 aromatic carbocycles. The Labute approximate surface area is 111 Å². The van der Waals surface area contributed by atoms with Crippen LogP contribution in [0.3, 0.4) is 0 Å². The number of nitrogens with one attached hydrogen (secondary N) is 1. The Kier molecular flexibility index (Phi) is 5.04. The van der Waals surface area contributed by atoms with E-state index < -0.39 is 9.84 Å². The van der Waals surface area contributed by atoms with Crippen molar-refractivity contribution in [3.63, 3.8) is 0 Å². The molecule has 1 N–H and O–H groups in total. The SMILES string of the molecule is CC1CCCCCN1CCNC1CCS(=O)(=O)C1. The van der Waals surface area contributed by atoms with Crippen LogP contribution in [0, 0.1) is 0 Å². The third kappa shape index (κ3) is 4.21. The van der Waals surface area contributed by atoms with Crippen LogP contribution in [0.25, 0.3) is 0 Å². The molecular formula is C13H26N2O2S. The van der Waals surface area contributed by atoms with Crippen molar-refractivity contribution in [1.29, 1.82) is 0 Å². The van der Waals surface area contributed by atoms with E-state index in [0.29, 0.717) is 17.5 Å². The third-order valence-corrected chi connectivity index (χ3v) is 6.02. The van der Waals surface area contributed by atoms with Crippen molar-refractivity contribution in [1.82, 2.24) is 10.2 Å². The molecule has 2 unspecified atom stereocenters. The van der Waals surface area contributed by atoms with Gasteiger partial charge in [0.25, 0.3) is 0 Å². The smallest absolute Gasteiger partial charge is 0.151 e. The van der Waals surface area contributed by atoms with Crippen molar-refractivity contribution in [2.75, 3.05) is 31.1 Å². The summed E-state index contributed by atoms with van der Waals surface area (Å²) in [6, 6.07) is 0.874. The van der Waals surface area contributed by atoms with Gasteiger partial charge in [-0.05, 0) is 32.7 Å². The molecule has 0 radical (unpaired) electrons. The lowest BCUT2D eigenvalue weighted by Crippen LogP contribution is -2.41. The molecule has 5 heteroatoms. The molecule has 0 aromatic rings. The monoisotopic (exact) mass is 274 g/mol. The number of nitrogens with zero attached hydrogens (tertiary/aromatic N) is 1. The lowest BCUT2D eigenvalue weighted by atomic mass is 10.1. The first kappa shape index (κ1) is 14.3. The molecular weight excluding hydrogens is 248 g/mol. The van der Waals surface area contributed by atoms with Crippen molar-refractivity contribution in [2.24, 2.45) is 0 Å². The van der Waals surface area contributed by atoms with Gasteiger partial charge >= 0.3 is 0 Å². The largest absolute Gasteiger partial charge is 0.312 e. The van der Waals surface area contributed by atoms with Crippen LogP contribution in [0.15, 0.2) is 0 Å². The van der Waals surface area contributed by atoms with Crippen LogP contribution in [-0.4, -0.2) is 56.5 Å². The van der Waals surface area contributed by atoms with Crippen LogP contribution < -0.4 is 5.32 Å². The van der Waals surface area contributed by atoms with E-state index >= 15 is 0 Å². The number of hydrogen-bond acceptors (Lipinski definition) is 4. The van der Waals surface area contributed by atoms with Gasteiger partial charge in [0.15, 0.2) is 9.84 Å². The van der Waals surface area contributed by atoms with Crippen molar-refractivity contribution in [3.05, 3.63) is 0 Å². The average molecular weight is 274 g/mol. The highest BCUT2D eigenvalue weighted by Gasteiger charge is 2.27. The van der Waals surface area contributed by atoms with E-state index in [-0.39, 0.29) is 6.04 Å². The maximum atomic E-state index is 11.4. The van der Waals surface area contributed by atoms with Gasteiger partial charge in [-0.15, -0.1) is 0 Å². The van der Waals surface area contributed by atoms with Crippen LogP contribution in [0.2, 0.25) is 0 Å². The van der Waals surface area contributed by atoms with Crippen LogP contribution in [0.4, 0.5) is 0 Å². The van der Waals surface area contributed by atoms with E-state index in [2.05, 4.69) is 17.1 Å². The Hall–Kier alpha value is -0.130. The first-order valence-corrected chi connectivity index (χ1v) is 9.07. The molecule has 2 aliphatic heterocycles. The van der Waals surface area contributed by atoms with Gasteiger partial charge in [0.05, 0.1) is 11.5 Å². The van der Waals surface area contributed by atoms with Gasteiger partial charge in [-0.1, -0.05) is 12.8 Å². The molecule has 0 saturated carbocycles. The molecule has 2 rings (SSSR count). The summed E-state index contributed by atoms with van der Waals surface area (Å²) in [4.78, 5) is 2.55. The highest BCUT2D eigenvalue weighted by Crippen LogP contribution is 2.16. The second-order valence-corrected chi connectivity index (χ2v) is 8.02. The Balaban J connectivity index is 1.68. The molecule has 2 atom stereocenters. The topological polar surface area (TPSA) is 49.4 Å². The Morgan fingerprint density at radius 2 is 2.06 bits per heavy atom. The standard InChI is InChI=1S/C13H26N2O2S/c1-12-5-3-2-4-8-15(12)9-7-14-13-6-10-18(16,17)11-13/h12-14H,2-11H2,1H3. The van der Waals surface area contributed by atoms with E-state index in [0.717, 1.165) is 19.5 Å². The fraction of sp³-hybridized carbons (Fsp3) is 1.00. The Morgan fingerprint density at radius 3 is 2.78 bits per heavy atom. The molecule has 0 amide bonds. The van der Waals surface area contributed by atoms with E-state index in [1.165, 1.54) is 32.2 Å². The lowest BCUT2D eigenvalue weighted by Gasteiger charge is -2.27. The fourth-order valence-corrected chi connectivity index (χ4v) is 4.74. The molecule has 2 fully saturated rings. The highest BCUT2D eigenvalue weighted by atomic mass is 32.2. The molecule has 18 heavy (non-hydrogen) atoms. The van der Waals surface area contributed by atoms with Crippen LogP contribution in [0.1, 0.15) is 39.0 Å². The zero-order valence-electron chi connectivity index (χ0n) is 11.4. The predicted molar refractivity (Wildman–Crippen MR) is 74.6 cm³/mol. The normalized spacial score (nSPS) is 33.4. The van der Waals surface area contributed by atoms with Gasteiger partial charge in [0, 0.05) is 25.2 Å². The van der Waals surface area contributed by atoms with Gasteiger partial charge in [-0.25, -0.2) is 8.42 Å². The summed E-state index contributed by atoms with van der Waals surface area (Å²) < 4.78 is 22.7. The first-order chi connectivity index (χ1) is 8.57. The van der Waals surface area contributed by atoms with E-state index in [9.17, 15) is 8.42 Å². The molecule has 0 bridgehead atoms. The highest BCUT2D eigenvalue weighted by molar-refractivity contribution is 7.91. The minimum absolute atomic E-state index is 0.192. The maximum Gasteiger partial charge on any atom is 0.151 e. The average Bonchev–Trinajstić information content (AvgIpc) is 2.52. The second kappa shape index (κ2) is 6.35. The molecule has 0 aromatic heterocycles. The Bertz CT molecular complexity index is 356. The summed E-state index contributed by atoms with van der Waals surface area (Å²) in [5, 5.41) is 3.40. The van der Waals surface area contributed by atoms with E-state index in [4.69, 9.17) is 0 Å². The van der Waals surface area contributed by atoms with Crippen molar-refractivity contribution in [2.45, 2.75) is 51.1 Å². The number of sulfone groups is 1. The number of likely N-dealkylation sites (tertiary alicyclic amines) is 1. The summed E-state index contributed by atoms with van der Waals surface area (Å²) in [6.45, 7) is 5.49. The lowest BCUT2D eigenvalue weighted by molar-refractivity contribution is 0.212. The number of rotatable bonds is 4. The van der Waals surface area contributed by atoms with Gasteiger partial charge < -0.3 is 5.32 Å². The minimum atomic E-state index is -2.74. The molecule has 0 aliphatic carbocycles. The quantitative estimate of drug-likeness (QED) is 0.832. The first-order valence-electron chi connectivity index (χ1n) is 7.25. The third-order valence-electron chi connectivity index (χ3n) is 4.26. The van der Waals surface area contributed by atoms with Gasteiger partial charge in [-0.2, -0.15) is 0 Å². The van der Waals surface area contributed by atoms with Crippen molar-refractivity contribution >= 4 is 9.84 Å². The van der Waals surface area contributed by atoms with Crippen LogP contribution in [-0.2, 0) is 9.84 Å². The van der Waals surface area contributed by atoms with Crippen LogP contribution >= 0.6 is 0 Å². The molecule has 0 spiro atoms.